The third-order valence-electron chi connectivity index (χ3n) is 5.41. The highest BCUT2D eigenvalue weighted by Gasteiger charge is 2.15. The number of hydrogen-bond acceptors (Lipinski definition) is 7. The fraction of sp³-hybridized carbons (Fsp3) is 0.107. The molecule has 0 unspecified atom stereocenters. The summed E-state index contributed by atoms with van der Waals surface area (Å²) in [4.78, 5) is 4.23. The van der Waals surface area contributed by atoms with Crippen LogP contribution in [0.15, 0.2) is 73.1 Å². The zero-order valence-corrected chi connectivity index (χ0v) is 20.3. The van der Waals surface area contributed by atoms with E-state index in [0.717, 1.165) is 11.1 Å². The summed E-state index contributed by atoms with van der Waals surface area (Å²) in [6, 6.07) is 22.3. The molecular weight excluding hydrogens is 476 g/mol. The molecule has 4 aromatic rings. The first-order valence-corrected chi connectivity index (χ1v) is 11.2. The van der Waals surface area contributed by atoms with Crippen molar-refractivity contribution in [3.8, 4) is 40.5 Å². The van der Waals surface area contributed by atoms with E-state index in [1.165, 1.54) is 6.20 Å². The van der Waals surface area contributed by atoms with Crippen LogP contribution in [0.2, 0.25) is 5.02 Å². The van der Waals surface area contributed by atoms with Crippen molar-refractivity contribution in [2.24, 2.45) is 0 Å². The average Bonchev–Trinajstić information content (AvgIpc) is 2.92. The first kappa shape index (κ1) is 24.4. The van der Waals surface area contributed by atoms with Crippen LogP contribution in [0, 0.1) is 22.7 Å². The summed E-state index contributed by atoms with van der Waals surface area (Å²) >= 11 is 6.50. The molecule has 0 atom stereocenters. The lowest BCUT2D eigenvalue weighted by atomic mass is 10.0. The Hall–Kier alpha value is -4.72. The number of ether oxygens (including phenoxy) is 3. The van der Waals surface area contributed by atoms with E-state index >= 15 is 0 Å². The quantitative estimate of drug-likeness (QED) is 0.297. The van der Waals surface area contributed by atoms with Crippen LogP contribution in [-0.4, -0.2) is 19.2 Å². The number of halogens is 1. The second-order valence-electron chi connectivity index (χ2n) is 7.66. The lowest BCUT2D eigenvalue weighted by Gasteiger charge is -2.16. The van der Waals surface area contributed by atoms with Gasteiger partial charge in [0.05, 0.1) is 42.1 Å². The molecule has 36 heavy (non-hydrogen) atoms. The number of methoxy groups -OCH3 is 2. The van der Waals surface area contributed by atoms with Crippen LogP contribution in [0.25, 0.3) is 11.1 Å². The molecule has 8 heteroatoms. The van der Waals surface area contributed by atoms with E-state index in [0.29, 0.717) is 50.3 Å². The summed E-state index contributed by atoms with van der Waals surface area (Å²) in [5, 5.41) is 22.5. The Kier molecular flexibility index (Phi) is 7.55. The first-order valence-electron chi connectivity index (χ1n) is 10.8. The molecular formula is C28H21ClN4O3. The first-order chi connectivity index (χ1) is 17.6. The largest absolute Gasteiger partial charge is 0.493 e. The van der Waals surface area contributed by atoms with Crippen molar-refractivity contribution in [1.82, 2.24) is 4.98 Å². The van der Waals surface area contributed by atoms with Gasteiger partial charge in [-0.05, 0) is 53.6 Å². The van der Waals surface area contributed by atoms with E-state index < -0.39 is 0 Å². The second-order valence-corrected chi connectivity index (χ2v) is 8.07. The van der Waals surface area contributed by atoms with Gasteiger partial charge in [-0.3, -0.25) is 4.98 Å². The standard InChI is InChI=1S/C28H21ClN4O3/c1-34-26-8-6-20(11-27(26)35-2)23-16-32-15-21(14-31)28(23)33-22-7-9-25(24(29)12-22)36-17-19-5-3-4-18(10-19)13-30/h3-12,15-16H,17H2,1-2H3,(H,32,33). The topological polar surface area (TPSA) is 100 Å². The average molecular weight is 497 g/mol. The Labute approximate surface area is 214 Å². The molecule has 178 valence electrons. The molecule has 0 radical (unpaired) electrons. The number of nitrogens with one attached hydrogen (secondary N) is 1. The Bertz CT molecular complexity index is 1490. The zero-order chi connectivity index (χ0) is 25.5. The van der Waals surface area contributed by atoms with Gasteiger partial charge in [0.15, 0.2) is 11.5 Å². The second kappa shape index (κ2) is 11.1. The van der Waals surface area contributed by atoms with E-state index in [9.17, 15) is 5.26 Å². The van der Waals surface area contributed by atoms with Crippen molar-refractivity contribution in [1.29, 1.82) is 10.5 Å². The molecule has 7 nitrogen and oxygen atoms in total. The summed E-state index contributed by atoms with van der Waals surface area (Å²) in [7, 11) is 3.14. The number of pyridine rings is 1. The lowest BCUT2D eigenvalue weighted by molar-refractivity contribution is 0.306. The van der Waals surface area contributed by atoms with E-state index in [4.69, 9.17) is 31.1 Å². The van der Waals surface area contributed by atoms with Crippen LogP contribution >= 0.6 is 11.6 Å². The SMILES string of the molecule is COc1ccc(-c2cncc(C#N)c2Nc2ccc(OCc3cccc(C#N)c3)c(Cl)c2)cc1OC. The predicted octanol–water partition coefficient (Wildman–Crippen LogP) is 6.49. The van der Waals surface area contributed by atoms with Gasteiger partial charge in [-0.25, -0.2) is 0 Å². The Morgan fingerprint density at radius 3 is 2.42 bits per heavy atom. The number of benzene rings is 3. The van der Waals surface area contributed by atoms with Crippen LogP contribution < -0.4 is 19.5 Å². The van der Waals surface area contributed by atoms with E-state index in [1.807, 2.05) is 30.3 Å². The highest BCUT2D eigenvalue weighted by Crippen LogP contribution is 2.38. The normalized spacial score (nSPS) is 10.1. The third-order valence-corrected chi connectivity index (χ3v) is 5.71. The summed E-state index contributed by atoms with van der Waals surface area (Å²) < 4.78 is 16.6. The molecule has 0 fully saturated rings. The number of aromatic nitrogens is 1. The minimum Gasteiger partial charge on any atom is -0.493 e. The van der Waals surface area contributed by atoms with Gasteiger partial charge >= 0.3 is 0 Å². The number of nitrogens with zero attached hydrogens (tertiary/aromatic N) is 3. The van der Waals surface area contributed by atoms with E-state index in [1.54, 1.807) is 50.7 Å². The Morgan fingerprint density at radius 2 is 1.69 bits per heavy atom. The van der Waals surface area contributed by atoms with Crippen LogP contribution in [0.5, 0.6) is 17.2 Å². The van der Waals surface area contributed by atoms with Crippen molar-refractivity contribution < 1.29 is 14.2 Å². The zero-order valence-electron chi connectivity index (χ0n) is 19.6. The highest BCUT2D eigenvalue weighted by molar-refractivity contribution is 6.32. The summed E-state index contributed by atoms with van der Waals surface area (Å²) in [5.41, 5.74) is 4.56. The van der Waals surface area contributed by atoms with Crippen LogP contribution in [-0.2, 0) is 6.61 Å². The van der Waals surface area contributed by atoms with Gasteiger partial charge in [0, 0.05) is 23.6 Å². The number of rotatable bonds is 8. The molecule has 1 N–H and O–H groups in total. The van der Waals surface area contributed by atoms with E-state index in [2.05, 4.69) is 22.4 Å². The van der Waals surface area contributed by atoms with Crippen molar-refractivity contribution in [2.75, 3.05) is 19.5 Å². The van der Waals surface area contributed by atoms with Crippen molar-refractivity contribution in [3.05, 3.63) is 94.8 Å². The van der Waals surface area contributed by atoms with Crippen molar-refractivity contribution >= 4 is 23.0 Å². The maximum atomic E-state index is 9.72. The van der Waals surface area contributed by atoms with Crippen molar-refractivity contribution in [3.63, 3.8) is 0 Å². The molecule has 0 saturated heterocycles. The number of hydrogen-bond donors (Lipinski definition) is 1. The van der Waals surface area contributed by atoms with Gasteiger partial charge < -0.3 is 19.5 Å². The van der Waals surface area contributed by atoms with Gasteiger partial charge in [-0.15, -0.1) is 0 Å². The third kappa shape index (κ3) is 5.33. The van der Waals surface area contributed by atoms with E-state index in [-0.39, 0.29) is 6.61 Å². The molecule has 0 aliphatic heterocycles. The Morgan fingerprint density at radius 1 is 0.889 bits per heavy atom. The summed E-state index contributed by atoms with van der Waals surface area (Å²) in [5.74, 6) is 1.66. The molecule has 0 spiro atoms. The highest BCUT2D eigenvalue weighted by atomic mass is 35.5. The maximum Gasteiger partial charge on any atom is 0.161 e. The number of anilines is 2. The molecule has 1 aromatic heterocycles. The van der Waals surface area contributed by atoms with Crippen LogP contribution in [0.3, 0.4) is 0 Å². The van der Waals surface area contributed by atoms with Gasteiger partial charge in [0.25, 0.3) is 0 Å². The fourth-order valence-corrected chi connectivity index (χ4v) is 3.87. The molecule has 0 amide bonds. The van der Waals surface area contributed by atoms with Gasteiger partial charge in [-0.1, -0.05) is 29.8 Å². The number of nitriles is 2. The molecule has 0 aliphatic carbocycles. The van der Waals surface area contributed by atoms with Crippen LogP contribution in [0.4, 0.5) is 11.4 Å². The molecule has 0 saturated carbocycles. The Balaban J connectivity index is 1.61. The predicted molar refractivity (Wildman–Crippen MR) is 138 cm³/mol. The smallest absolute Gasteiger partial charge is 0.161 e. The lowest BCUT2D eigenvalue weighted by Crippen LogP contribution is -2.00. The summed E-state index contributed by atoms with van der Waals surface area (Å²) in [6.45, 7) is 0.272. The molecule has 0 aliphatic rings. The minimum absolute atomic E-state index is 0.272. The minimum atomic E-state index is 0.272. The molecule has 4 rings (SSSR count). The van der Waals surface area contributed by atoms with Crippen molar-refractivity contribution in [2.45, 2.75) is 6.61 Å². The van der Waals surface area contributed by atoms with Gasteiger partial charge in [-0.2, -0.15) is 10.5 Å². The maximum absolute atomic E-state index is 9.72. The monoisotopic (exact) mass is 496 g/mol. The van der Waals surface area contributed by atoms with Gasteiger partial charge in [0.2, 0.25) is 0 Å². The summed E-state index contributed by atoms with van der Waals surface area (Å²) in [6.07, 6.45) is 3.18. The molecule has 1 heterocycles. The molecule has 0 bridgehead atoms. The van der Waals surface area contributed by atoms with Gasteiger partial charge in [0.1, 0.15) is 18.4 Å². The van der Waals surface area contributed by atoms with Crippen LogP contribution in [0.1, 0.15) is 16.7 Å². The molecule has 3 aromatic carbocycles. The fourth-order valence-electron chi connectivity index (χ4n) is 3.63.